The second-order valence-electron chi connectivity index (χ2n) is 5.13. The van der Waals surface area contributed by atoms with Gasteiger partial charge in [0.2, 0.25) is 5.88 Å². The van der Waals surface area contributed by atoms with Crippen LogP contribution in [0.25, 0.3) is 0 Å². The van der Waals surface area contributed by atoms with Gasteiger partial charge in [0.25, 0.3) is 0 Å². The Labute approximate surface area is 109 Å². The molecule has 1 aromatic rings. The molecule has 1 unspecified atom stereocenters. The molecule has 0 aromatic carbocycles. The lowest BCUT2D eigenvalue weighted by Crippen LogP contribution is -2.26. The van der Waals surface area contributed by atoms with Crippen LogP contribution in [0.2, 0.25) is 0 Å². The number of nitrogens with two attached hydrogens (primary N) is 1. The number of ether oxygens (including phenoxy) is 1. The number of hydrogen-bond acceptors (Lipinski definition) is 4. The first-order valence-electron chi connectivity index (χ1n) is 6.71. The molecule has 0 bridgehead atoms. The van der Waals surface area contributed by atoms with Crippen LogP contribution in [0.5, 0.6) is 5.88 Å². The molecule has 2 N–H and O–H groups in total. The fourth-order valence-electron chi connectivity index (χ4n) is 2.39. The van der Waals surface area contributed by atoms with Crippen molar-refractivity contribution in [1.82, 2.24) is 9.88 Å². The first-order chi connectivity index (χ1) is 8.66. The van der Waals surface area contributed by atoms with Crippen molar-refractivity contribution < 1.29 is 4.74 Å². The van der Waals surface area contributed by atoms with E-state index < -0.39 is 0 Å². The van der Waals surface area contributed by atoms with Gasteiger partial charge in [-0.3, -0.25) is 0 Å². The molecular formula is C14H23N3O. The topological polar surface area (TPSA) is 51.4 Å². The Bertz CT molecular complexity index is 364. The molecule has 1 aliphatic rings. The van der Waals surface area contributed by atoms with Crippen LogP contribution in [0.3, 0.4) is 0 Å². The molecule has 1 aromatic heterocycles. The molecule has 1 fully saturated rings. The lowest BCUT2D eigenvalue weighted by atomic mass is 10.1. The Morgan fingerprint density at radius 2 is 2.39 bits per heavy atom. The predicted octanol–water partition coefficient (Wildman–Crippen LogP) is 1.96. The maximum atomic E-state index is 5.78. The number of aromatic nitrogens is 1. The Morgan fingerprint density at radius 1 is 1.56 bits per heavy atom. The molecule has 100 valence electrons. The van der Waals surface area contributed by atoms with Gasteiger partial charge in [0, 0.05) is 24.3 Å². The van der Waals surface area contributed by atoms with E-state index in [0.29, 0.717) is 11.9 Å². The summed E-state index contributed by atoms with van der Waals surface area (Å²) in [5.41, 5.74) is 6.82. The third-order valence-corrected chi connectivity index (χ3v) is 3.66. The SMILES string of the molecule is C[C@H](N)c1ccc(OCCC2CCCN2C)nc1. The first-order valence-corrected chi connectivity index (χ1v) is 6.71. The number of likely N-dealkylation sites (tertiary alicyclic amines) is 1. The molecule has 4 heteroatoms. The summed E-state index contributed by atoms with van der Waals surface area (Å²) in [5, 5.41) is 0. The van der Waals surface area contributed by atoms with Crippen LogP contribution in [0.15, 0.2) is 18.3 Å². The van der Waals surface area contributed by atoms with Crippen molar-refractivity contribution in [2.45, 2.75) is 38.3 Å². The number of rotatable bonds is 5. The van der Waals surface area contributed by atoms with Gasteiger partial charge in [-0.25, -0.2) is 4.98 Å². The number of hydrogen-bond donors (Lipinski definition) is 1. The molecule has 2 atom stereocenters. The lowest BCUT2D eigenvalue weighted by Gasteiger charge is -2.19. The highest BCUT2D eigenvalue weighted by atomic mass is 16.5. The molecule has 2 rings (SSSR count). The monoisotopic (exact) mass is 249 g/mol. The summed E-state index contributed by atoms with van der Waals surface area (Å²) >= 11 is 0. The number of nitrogens with zero attached hydrogens (tertiary/aromatic N) is 2. The molecule has 0 radical (unpaired) electrons. The largest absolute Gasteiger partial charge is 0.478 e. The van der Waals surface area contributed by atoms with Crippen LogP contribution in [-0.4, -0.2) is 36.1 Å². The van der Waals surface area contributed by atoms with E-state index in [0.717, 1.165) is 18.6 Å². The van der Waals surface area contributed by atoms with Crippen LogP contribution >= 0.6 is 0 Å². The van der Waals surface area contributed by atoms with Gasteiger partial charge in [0.1, 0.15) is 0 Å². The molecule has 0 aliphatic carbocycles. The quantitative estimate of drug-likeness (QED) is 0.866. The van der Waals surface area contributed by atoms with Crippen LogP contribution in [0, 0.1) is 0 Å². The summed E-state index contributed by atoms with van der Waals surface area (Å²) in [6, 6.07) is 4.58. The molecule has 2 heterocycles. The summed E-state index contributed by atoms with van der Waals surface area (Å²) in [6.07, 6.45) is 5.47. The summed E-state index contributed by atoms with van der Waals surface area (Å²) in [4.78, 5) is 6.68. The fraction of sp³-hybridized carbons (Fsp3) is 0.643. The van der Waals surface area contributed by atoms with Gasteiger partial charge in [-0.15, -0.1) is 0 Å². The van der Waals surface area contributed by atoms with Crippen molar-refractivity contribution >= 4 is 0 Å². The molecule has 1 saturated heterocycles. The van der Waals surface area contributed by atoms with E-state index in [4.69, 9.17) is 10.5 Å². The minimum Gasteiger partial charge on any atom is -0.478 e. The molecule has 0 amide bonds. The zero-order chi connectivity index (χ0) is 13.0. The Morgan fingerprint density at radius 3 is 2.94 bits per heavy atom. The van der Waals surface area contributed by atoms with Gasteiger partial charge in [-0.05, 0) is 45.3 Å². The molecule has 18 heavy (non-hydrogen) atoms. The van der Waals surface area contributed by atoms with Gasteiger partial charge >= 0.3 is 0 Å². The number of pyridine rings is 1. The second-order valence-corrected chi connectivity index (χ2v) is 5.13. The molecule has 0 spiro atoms. The summed E-state index contributed by atoms with van der Waals surface area (Å²) in [7, 11) is 2.19. The Kier molecular flexibility index (Phi) is 4.55. The molecular weight excluding hydrogens is 226 g/mol. The van der Waals surface area contributed by atoms with Gasteiger partial charge in [-0.1, -0.05) is 6.07 Å². The zero-order valence-electron chi connectivity index (χ0n) is 11.3. The Balaban J connectivity index is 1.76. The van der Waals surface area contributed by atoms with Crippen molar-refractivity contribution in [3.63, 3.8) is 0 Å². The lowest BCUT2D eigenvalue weighted by molar-refractivity contribution is 0.228. The van der Waals surface area contributed by atoms with E-state index in [2.05, 4.69) is 16.9 Å². The van der Waals surface area contributed by atoms with Gasteiger partial charge in [-0.2, -0.15) is 0 Å². The Hall–Kier alpha value is -1.13. The minimum absolute atomic E-state index is 0.0266. The average molecular weight is 249 g/mol. The third kappa shape index (κ3) is 3.43. The predicted molar refractivity (Wildman–Crippen MR) is 72.6 cm³/mol. The highest BCUT2D eigenvalue weighted by Crippen LogP contribution is 2.18. The van der Waals surface area contributed by atoms with Crippen molar-refractivity contribution in [1.29, 1.82) is 0 Å². The zero-order valence-corrected chi connectivity index (χ0v) is 11.3. The molecule has 1 aliphatic heterocycles. The minimum atomic E-state index is 0.0266. The van der Waals surface area contributed by atoms with Crippen LogP contribution < -0.4 is 10.5 Å². The van der Waals surface area contributed by atoms with E-state index in [1.165, 1.54) is 19.4 Å². The van der Waals surface area contributed by atoms with Crippen molar-refractivity contribution in [3.8, 4) is 5.88 Å². The second kappa shape index (κ2) is 6.16. The smallest absolute Gasteiger partial charge is 0.213 e. The average Bonchev–Trinajstić information content (AvgIpc) is 2.76. The first kappa shape index (κ1) is 13.3. The van der Waals surface area contributed by atoms with Crippen molar-refractivity contribution in [3.05, 3.63) is 23.9 Å². The summed E-state index contributed by atoms with van der Waals surface area (Å²) in [5.74, 6) is 0.694. The summed E-state index contributed by atoms with van der Waals surface area (Å²) in [6.45, 7) is 3.90. The van der Waals surface area contributed by atoms with Gasteiger partial charge < -0.3 is 15.4 Å². The highest BCUT2D eigenvalue weighted by Gasteiger charge is 2.20. The highest BCUT2D eigenvalue weighted by molar-refractivity contribution is 5.19. The van der Waals surface area contributed by atoms with E-state index >= 15 is 0 Å². The van der Waals surface area contributed by atoms with Crippen LogP contribution in [0.1, 0.15) is 37.8 Å². The standard InChI is InChI=1S/C14H23N3O/c1-11(15)12-5-6-14(16-10-12)18-9-7-13-4-3-8-17(13)2/h5-6,10-11,13H,3-4,7-9,15H2,1-2H3/t11-,13?/m0/s1. The molecule has 0 saturated carbocycles. The fourth-order valence-corrected chi connectivity index (χ4v) is 2.39. The van der Waals surface area contributed by atoms with Gasteiger partial charge in [0.15, 0.2) is 0 Å². The van der Waals surface area contributed by atoms with E-state index in [9.17, 15) is 0 Å². The van der Waals surface area contributed by atoms with E-state index in [1.54, 1.807) is 6.20 Å². The third-order valence-electron chi connectivity index (χ3n) is 3.66. The van der Waals surface area contributed by atoms with Crippen LogP contribution in [0.4, 0.5) is 0 Å². The normalized spacial score (nSPS) is 22.1. The van der Waals surface area contributed by atoms with E-state index in [-0.39, 0.29) is 6.04 Å². The van der Waals surface area contributed by atoms with Crippen molar-refractivity contribution in [2.75, 3.05) is 20.2 Å². The van der Waals surface area contributed by atoms with E-state index in [1.807, 2.05) is 19.1 Å². The van der Waals surface area contributed by atoms with Gasteiger partial charge in [0.05, 0.1) is 6.61 Å². The maximum Gasteiger partial charge on any atom is 0.213 e. The summed E-state index contributed by atoms with van der Waals surface area (Å²) < 4.78 is 5.67. The van der Waals surface area contributed by atoms with Crippen molar-refractivity contribution in [2.24, 2.45) is 5.73 Å². The maximum absolute atomic E-state index is 5.78. The van der Waals surface area contributed by atoms with Crippen LogP contribution in [-0.2, 0) is 0 Å². The molecule has 4 nitrogen and oxygen atoms in total.